The molecular formula is C51H93NO9. The number of allylic oxidation sites excluding steroid dienone is 4. The fraction of sp³-hybridized carbons (Fsp3) is 0.863. The minimum absolute atomic E-state index is 0.0148. The van der Waals surface area contributed by atoms with Crippen molar-refractivity contribution in [2.75, 3.05) is 59.3 Å². The molecule has 1 aliphatic rings. The van der Waals surface area contributed by atoms with Crippen molar-refractivity contribution in [3.05, 3.63) is 24.3 Å². The molecule has 0 aliphatic carbocycles. The molecule has 2 atom stereocenters. The number of likely N-dealkylation sites (tertiary alicyclic amines) is 1. The molecule has 0 aromatic heterocycles. The first-order chi connectivity index (χ1) is 29.9. The van der Waals surface area contributed by atoms with Crippen molar-refractivity contribution < 1.29 is 42.8 Å². The number of unbranched alkanes of at least 4 members (excludes halogenated alkanes) is 18. The Morgan fingerprint density at radius 1 is 0.574 bits per heavy atom. The van der Waals surface area contributed by atoms with Crippen LogP contribution in [0.15, 0.2) is 24.3 Å². The third-order valence-electron chi connectivity index (χ3n) is 11.4. The smallest absolute Gasteiger partial charge is 0.465 e. The van der Waals surface area contributed by atoms with Crippen molar-refractivity contribution in [1.82, 2.24) is 4.90 Å². The maximum absolute atomic E-state index is 13.0. The maximum atomic E-state index is 13.0. The van der Waals surface area contributed by atoms with Crippen LogP contribution in [0.3, 0.4) is 0 Å². The lowest BCUT2D eigenvalue weighted by molar-refractivity contribution is -0.161. The number of ether oxygens (including phenoxy) is 6. The molecule has 0 N–H and O–H groups in total. The standard InChI is InChI=1S/C51H93NO9/c1-5-9-12-15-18-19-20-21-22-23-24-25-26-27-30-35-48(53)58-43-47(45-61-51(55)60-42-46-34-33-38-52(8-4)41-46)44-59-49(54)36-37-50(56-39-31-28-16-13-10-6-2)57-40-32-29-17-14-11-7-3/h18-19,21-22,46-47,50H,5-17,20,23-45H2,1-4H3/b19-18?,22-21-. The summed E-state index contributed by atoms with van der Waals surface area (Å²) >= 11 is 0. The van der Waals surface area contributed by atoms with Gasteiger partial charge in [-0.05, 0) is 77.3 Å². The van der Waals surface area contributed by atoms with Crippen LogP contribution in [0, 0.1) is 11.8 Å². The molecule has 10 heteroatoms. The van der Waals surface area contributed by atoms with Gasteiger partial charge >= 0.3 is 18.1 Å². The van der Waals surface area contributed by atoms with Gasteiger partial charge in [0.05, 0.1) is 18.9 Å². The van der Waals surface area contributed by atoms with E-state index >= 15 is 0 Å². The number of hydrogen-bond donors (Lipinski definition) is 0. The molecule has 0 spiro atoms. The van der Waals surface area contributed by atoms with E-state index in [1.165, 1.54) is 77.0 Å². The van der Waals surface area contributed by atoms with Crippen LogP contribution in [0.4, 0.5) is 4.79 Å². The molecule has 1 rings (SSSR count). The van der Waals surface area contributed by atoms with Crippen molar-refractivity contribution in [1.29, 1.82) is 0 Å². The van der Waals surface area contributed by atoms with Gasteiger partial charge in [-0.2, -0.15) is 0 Å². The number of rotatable bonds is 42. The number of hydrogen-bond acceptors (Lipinski definition) is 10. The Morgan fingerprint density at radius 3 is 1.69 bits per heavy atom. The first kappa shape index (κ1) is 56.6. The highest BCUT2D eigenvalue weighted by Crippen LogP contribution is 2.18. The first-order valence-electron chi connectivity index (χ1n) is 25.3. The lowest BCUT2D eigenvalue weighted by Crippen LogP contribution is -2.37. The Balaban J connectivity index is 2.55. The van der Waals surface area contributed by atoms with Gasteiger partial charge in [0.2, 0.25) is 0 Å². The number of piperidine rings is 1. The van der Waals surface area contributed by atoms with Crippen LogP contribution in [0.5, 0.6) is 0 Å². The number of nitrogens with zero attached hydrogens (tertiary/aromatic N) is 1. The Hall–Kier alpha value is -2.43. The molecule has 61 heavy (non-hydrogen) atoms. The van der Waals surface area contributed by atoms with Crippen LogP contribution in [0.1, 0.15) is 207 Å². The van der Waals surface area contributed by atoms with Gasteiger partial charge in [-0.3, -0.25) is 9.59 Å². The van der Waals surface area contributed by atoms with E-state index in [1.54, 1.807) is 0 Å². The topological polar surface area (TPSA) is 110 Å². The highest BCUT2D eigenvalue weighted by molar-refractivity contribution is 5.69. The highest BCUT2D eigenvalue weighted by Gasteiger charge is 2.23. The molecule has 1 saturated heterocycles. The van der Waals surface area contributed by atoms with Crippen molar-refractivity contribution >= 4 is 18.1 Å². The number of esters is 2. The van der Waals surface area contributed by atoms with Crippen LogP contribution in [-0.4, -0.2) is 88.6 Å². The average molecular weight is 864 g/mol. The summed E-state index contributed by atoms with van der Waals surface area (Å²) in [4.78, 5) is 40.7. The lowest BCUT2D eigenvalue weighted by Gasteiger charge is -2.31. The van der Waals surface area contributed by atoms with E-state index in [-0.39, 0.29) is 38.1 Å². The van der Waals surface area contributed by atoms with Crippen LogP contribution in [-0.2, 0) is 38.0 Å². The molecule has 0 aromatic rings. The number of carbonyl (C=O) groups is 3. The summed E-state index contributed by atoms with van der Waals surface area (Å²) in [6.07, 6.45) is 37.2. The fourth-order valence-corrected chi connectivity index (χ4v) is 7.42. The van der Waals surface area contributed by atoms with Crippen molar-refractivity contribution in [2.24, 2.45) is 11.8 Å². The van der Waals surface area contributed by atoms with E-state index in [9.17, 15) is 14.4 Å². The van der Waals surface area contributed by atoms with Gasteiger partial charge in [-0.25, -0.2) is 4.79 Å². The van der Waals surface area contributed by atoms with Crippen molar-refractivity contribution in [3.63, 3.8) is 0 Å². The number of carbonyl (C=O) groups excluding carboxylic acids is 3. The summed E-state index contributed by atoms with van der Waals surface area (Å²) in [6.45, 7) is 13.2. The lowest BCUT2D eigenvalue weighted by atomic mass is 9.99. The van der Waals surface area contributed by atoms with Crippen LogP contribution in [0.2, 0.25) is 0 Å². The molecule has 1 aliphatic heterocycles. The third-order valence-corrected chi connectivity index (χ3v) is 11.4. The Labute approximate surface area is 374 Å². The zero-order valence-electron chi connectivity index (χ0n) is 39.8. The Kier molecular flexibility index (Phi) is 39.8. The van der Waals surface area contributed by atoms with E-state index < -0.39 is 24.3 Å². The Morgan fingerprint density at radius 2 is 1.08 bits per heavy atom. The predicted molar refractivity (Wildman–Crippen MR) is 249 cm³/mol. The van der Waals surface area contributed by atoms with Gasteiger partial charge in [0.25, 0.3) is 0 Å². The molecule has 2 unspecified atom stereocenters. The molecule has 356 valence electrons. The molecule has 0 radical (unpaired) electrons. The summed E-state index contributed by atoms with van der Waals surface area (Å²) in [7, 11) is 0. The summed E-state index contributed by atoms with van der Waals surface area (Å²) in [6, 6.07) is 0. The zero-order chi connectivity index (χ0) is 44.3. The van der Waals surface area contributed by atoms with Crippen molar-refractivity contribution in [3.8, 4) is 0 Å². The normalized spacial score (nSPS) is 15.2. The minimum atomic E-state index is -0.755. The SMILES string of the molecule is CCCCCC=CC/C=C\CCCCCCCC(=O)OCC(COC(=O)CCC(OCCCCCCCC)OCCCCCCCC)COC(=O)OCC1CCCN(CC)C1. The van der Waals surface area contributed by atoms with E-state index in [1.807, 2.05) is 0 Å². The minimum Gasteiger partial charge on any atom is -0.465 e. The van der Waals surface area contributed by atoms with E-state index in [4.69, 9.17) is 28.4 Å². The molecule has 0 aromatic carbocycles. The molecule has 0 saturated carbocycles. The van der Waals surface area contributed by atoms with Gasteiger partial charge in [-0.15, -0.1) is 0 Å². The largest absolute Gasteiger partial charge is 0.508 e. The van der Waals surface area contributed by atoms with Crippen LogP contribution >= 0.6 is 0 Å². The van der Waals surface area contributed by atoms with Crippen LogP contribution < -0.4 is 0 Å². The van der Waals surface area contributed by atoms with Crippen LogP contribution in [0.25, 0.3) is 0 Å². The molecule has 0 bridgehead atoms. The van der Waals surface area contributed by atoms with Gasteiger partial charge in [0, 0.05) is 38.5 Å². The molecule has 10 nitrogen and oxygen atoms in total. The fourth-order valence-electron chi connectivity index (χ4n) is 7.42. The maximum Gasteiger partial charge on any atom is 0.508 e. The second-order valence-corrected chi connectivity index (χ2v) is 17.2. The van der Waals surface area contributed by atoms with E-state index in [0.29, 0.717) is 32.7 Å². The van der Waals surface area contributed by atoms with Gasteiger partial charge in [-0.1, -0.05) is 148 Å². The Bertz CT molecular complexity index is 1060. The van der Waals surface area contributed by atoms with Gasteiger partial charge < -0.3 is 33.3 Å². The predicted octanol–water partition coefficient (Wildman–Crippen LogP) is 13.2. The summed E-state index contributed by atoms with van der Waals surface area (Å²) < 4.78 is 34.4. The first-order valence-corrected chi connectivity index (χ1v) is 25.3. The summed E-state index contributed by atoms with van der Waals surface area (Å²) in [5, 5.41) is 0. The van der Waals surface area contributed by atoms with Crippen molar-refractivity contribution in [2.45, 2.75) is 214 Å². The molecule has 0 amide bonds. The highest BCUT2D eigenvalue weighted by atomic mass is 16.7. The van der Waals surface area contributed by atoms with Gasteiger partial charge in [0.15, 0.2) is 6.29 Å². The summed E-state index contributed by atoms with van der Waals surface area (Å²) in [5.41, 5.74) is 0. The second-order valence-electron chi connectivity index (χ2n) is 17.2. The van der Waals surface area contributed by atoms with E-state index in [0.717, 1.165) is 103 Å². The second kappa shape index (κ2) is 42.9. The molecular weight excluding hydrogens is 771 g/mol. The zero-order valence-corrected chi connectivity index (χ0v) is 39.8. The summed E-state index contributed by atoms with van der Waals surface area (Å²) in [5.74, 6) is -0.922. The monoisotopic (exact) mass is 864 g/mol. The van der Waals surface area contributed by atoms with E-state index in [2.05, 4.69) is 56.9 Å². The quantitative estimate of drug-likeness (QED) is 0.0193. The average Bonchev–Trinajstić information content (AvgIpc) is 3.27. The molecule has 1 heterocycles. The van der Waals surface area contributed by atoms with Gasteiger partial charge in [0.1, 0.15) is 19.8 Å². The molecule has 1 fully saturated rings. The third kappa shape index (κ3) is 36.7.